The third-order valence-corrected chi connectivity index (χ3v) is 4.39. The normalized spacial score (nSPS) is 10.9. The van der Waals surface area contributed by atoms with Gasteiger partial charge < -0.3 is 5.32 Å². The minimum atomic E-state index is 0.431. The fourth-order valence-corrected chi connectivity index (χ4v) is 2.91. The van der Waals surface area contributed by atoms with Crippen LogP contribution in [0.25, 0.3) is 10.6 Å². The average molecular weight is 311 g/mol. The van der Waals surface area contributed by atoms with Gasteiger partial charge >= 0.3 is 0 Å². The van der Waals surface area contributed by atoms with Gasteiger partial charge in [0.1, 0.15) is 5.82 Å². The van der Waals surface area contributed by atoms with Gasteiger partial charge in [0.15, 0.2) is 5.82 Å². The zero-order chi connectivity index (χ0) is 15.5. The van der Waals surface area contributed by atoms with Gasteiger partial charge in [-0.3, -0.25) is 0 Å². The molecule has 0 radical (unpaired) electrons. The molecule has 5 nitrogen and oxygen atoms in total. The van der Waals surface area contributed by atoms with E-state index in [1.54, 1.807) is 17.5 Å². The van der Waals surface area contributed by atoms with Gasteiger partial charge in [-0.1, -0.05) is 13.8 Å². The van der Waals surface area contributed by atoms with Crippen molar-refractivity contribution in [2.75, 3.05) is 5.32 Å². The minimum Gasteiger partial charge on any atom is -0.323 e. The van der Waals surface area contributed by atoms with E-state index in [-0.39, 0.29) is 0 Å². The fraction of sp³-hybridized carbons (Fsp3) is 0.250. The zero-order valence-corrected chi connectivity index (χ0v) is 13.6. The van der Waals surface area contributed by atoms with E-state index < -0.39 is 0 Å². The number of hydrogen-bond acceptors (Lipinski definition) is 6. The first-order chi connectivity index (χ1) is 10.6. The Balaban J connectivity index is 1.92. The Morgan fingerprint density at radius 1 is 1.18 bits per heavy atom. The summed E-state index contributed by atoms with van der Waals surface area (Å²) in [5, 5.41) is 12.2. The van der Waals surface area contributed by atoms with Crippen LogP contribution in [-0.2, 0) is 0 Å². The second kappa shape index (κ2) is 6.19. The first-order valence-corrected chi connectivity index (χ1v) is 7.93. The molecule has 0 spiro atoms. The molecule has 0 aliphatic heterocycles. The molecule has 0 aliphatic carbocycles. The topological polar surface area (TPSA) is 63.6 Å². The van der Waals surface area contributed by atoms with Crippen LogP contribution >= 0.6 is 11.3 Å². The summed E-state index contributed by atoms with van der Waals surface area (Å²) in [5.41, 5.74) is 2.06. The summed E-state index contributed by atoms with van der Waals surface area (Å²) < 4.78 is 0. The number of pyridine rings is 1. The van der Waals surface area contributed by atoms with Crippen LogP contribution in [-0.4, -0.2) is 20.2 Å². The first-order valence-electron chi connectivity index (χ1n) is 7.11. The summed E-state index contributed by atoms with van der Waals surface area (Å²) in [7, 11) is 0. The molecular formula is C16H17N5S. The predicted molar refractivity (Wildman–Crippen MR) is 89.5 cm³/mol. The summed E-state index contributed by atoms with van der Waals surface area (Å²) in [6, 6.07) is 7.76. The molecule has 0 aromatic carbocycles. The van der Waals surface area contributed by atoms with Crippen molar-refractivity contribution in [2.45, 2.75) is 26.7 Å². The van der Waals surface area contributed by atoms with Crippen molar-refractivity contribution in [1.82, 2.24) is 20.2 Å². The molecule has 0 amide bonds. The van der Waals surface area contributed by atoms with Crippen LogP contribution in [0.1, 0.15) is 30.3 Å². The maximum atomic E-state index is 4.66. The lowest BCUT2D eigenvalue weighted by Gasteiger charge is -2.07. The van der Waals surface area contributed by atoms with Crippen molar-refractivity contribution in [3.05, 3.63) is 47.2 Å². The van der Waals surface area contributed by atoms with Crippen molar-refractivity contribution in [3.8, 4) is 10.6 Å². The van der Waals surface area contributed by atoms with Gasteiger partial charge in [-0.2, -0.15) is 5.10 Å². The van der Waals surface area contributed by atoms with Crippen LogP contribution in [0.15, 0.2) is 36.7 Å². The highest BCUT2D eigenvalue weighted by atomic mass is 32.1. The monoisotopic (exact) mass is 311 g/mol. The quantitative estimate of drug-likeness (QED) is 0.783. The van der Waals surface area contributed by atoms with Gasteiger partial charge in [-0.25, -0.2) is 9.97 Å². The molecule has 3 rings (SSSR count). The summed E-state index contributed by atoms with van der Waals surface area (Å²) in [6.07, 6.45) is 3.54. The molecule has 1 N–H and O–H groups in total. The number of thiazole rings is 1. The van der Waals surface area contributed by atoms with E-state index >= 15 is 0 Å². The maximum Gasteiger partial charge on any atom is 0.154 e. The Morgan fingerprint density at radius 2 is 2.05 bits per heavy atom. The van der Waals surface area contributed by atoms with E-state index in [0.29, 0.717) is 11.7 Å². The van der Waals surface area contributed by atoms with Crippen molar-refractivity contribution >= 4 is 23.0 Å². The molecule has 0 unspecified atom stereocenters. The third-order valence-electron chi connectivity index (χ3n) is 3.07. The molecule has 0 aliphatic rings. The van der Waals surface area contributed by atoms with Gasteiger partial charge in [0.2, 0.25) is 0 Å². The fourth-order valence-electron chi connectivity index (χ4n) is 2.03. The van der Waals surface area contributed by atoms with Crippen molar-refractivity contribution in [3.63, 3.8) is 0 Å². The first kappa shape index (κ1) is 14.6. The van der Waals surface area contributed by atoms with Crippen LogP contribution in [0.5, 0.6) is 0 Å². The van der Waals surface area contributed by atoms with Crippen LogP contribution in [0.3, 0.4) is 0 Å². The van der Waals surface area contributed by atoms with Gasteiger partial charge in [0.25, 0.3) is 0 Å². The second-order valence-electron chi connectivity index (χ2n) is 5.37. The number of aryl methyl sites for hydroxylation is 1. The maximum absolute atomic E-state index is 4.66. The van der Waals surface area contributed by atoms with Crippen molar-refractivity contribution < 1.29 is 0 Å². The van der Waals surface area contributed by atoms with Gasteiger partial charge in [0.05, 0.1) is 15.6 Å². The number of nitrogens with one attached hydrogen (secondary N) is 1. The summed E-state index contributed by atoms with van der Waals surface area (Å²) in [4.78, 5) is 10.2. The molecule has 3 aromatic rings. The van der Waals surface area contributed by atoms with Crippen molar-refractivity contribution in [2.24, 2.45) is 0 Å². The third kappa shape index (κ3) is 3.28. The molecule has 22 heavy (non-hydrogen) atoms. The lowest BCUT2D eigenvalue weighted by Crippen LogP contribution is -1.98. The summed E-state index contributed by atoms with van der Waals surface area (Å²) in [6.45, 7) is 6.35. The Bertz CT molecular complexity index is 767. The zero-order valence-electron chi connectivity index (χ0n) is 12.7. The molecular weight excluding hydrogens is 294 g/mol. The van der Waals surface area contributed by atoms with Gasteiger partial charge in [-0.15, -0.1) is 16.4 Å². The molecule has 6 heteroatoms. The van der Waals surface area contributed by atoms with Gasteiger partial charge in [-0.05, 0) is 36.8 Å². The van der Waals surface area contributed by atoms with Crippen LogP contribution in [0, 0.1) is 6.92 Å². The number of rotatable bonds is 4. The number of aromatic nitrogens is 4. The SMILES string of the molecule is Cc1cc(Nc2cccnn2)nc(-c2cnc(C(C)C)s2)c1. The van der Waals surface area contributed by atoms with E-state index in [1.165, 1.54) is 0 Å². The van der Waals surface area contributed by atoms with Crippen LogP contribution < -0.4 is 5.32 Å². The highest BCUT2D eigenvalue weighted by molar-refractivity contribution is 7.15. The largest absolute Gasteiger partial charge is 0.323 e. The molecule has 3 aromatic heterocycles. The molecule has 0 atom stereocenters. The molecule has 112 valence electrons. The van der Waals surface area contributed by atoms with Crippen LogP contribution in [0.2, 0.25) is 0 Å². The lowest BCUT2D eigenvalue weighted by molar-refractivity contribution is 0.852. The summed E-state index contributed by atoms with van der Waals surface area (Å²) in [5.74, 6) is 1.87. The summed E-state index contributed by atoms with van der Waals surface area (Å²) >= 11 is 1.69. The Morgan fingerprint density at radius 3 is 2.73 bits per heavy atom. The Hall–Kier alpha value is -2.34. The smallest absolute Gasteiger partial charge is 0.154 e. The number of anilines is 2. The van der Waals surface area contributed by atoms with E-state index in [1.807, 2.05) is 24.4 Å². The van der Waals surface area contributed by atoms with E-state index in [9.17, 15) is 0 Å². The Kier molecular flexibility index (Phi) is 4.11. The van der Waals surface area contributed by atoms with E-state index in [4.69, 9.17) is 0 Å². The average Bonchev–Trinajstić information content (AvgIpc) is 2.98. The predicted octanol–water partition coefficient (Wildman–Crippen LogP) is 4.17. The van der Waals surface area contributed by atoms with E-state index in [2.05, 4.69) is 52.3 Å². The van der Waals surface area contributed by atoms with Crippen molar-refractivity contribution in [1.29, 1.82) is 0 Å². The molecule has 0 saturated carbocycles. The minimum absolute atomic E-state index is 0.431. The van der Waals surface area contributed by atoms with E-state index in [0.717, 1.165) is 27.0 Å². The van der Waals surface area contributed by atoms with Crippen LogP contribution in [0.4, 0.5) is 11.6 Å². The molecule has 3 heterocycles. The molecule has 0 bridgehead atoms. The Labute approximate surface area is 133 Å². The highest BCUT2D eigenvalue weighted by Gasteiger charge is 2.10. The standard InChI is InChI=1S/C16H17N5S/c1-10(2)16-17-9-13(22-16)12-7-11(3)8-15(19-12)20-14-5-4-6-18-21-14/h4-10H,1-3H3,(H,19,20,21). The van der Waals surface area contributed by atoms with Gasteiger partial charge in [0, 0.05) is 18.3 Å². The highest BCUT2D eigenvalue weighted by Crippen LogP contribution is 2.30. The number of hydrogen-bond donors (Lipinski definition) is 1. The molecule has 0 saturated heterocycles. The molecule has 0 fully saturated rings. The number of nitrogens with zero attached hydrogens (tertiary/aromatic N) is 4. The second-order valence-corrected chi connectivity index (χ2v) is 6.43. The lowest BCUT2D eigenvalue weighted by atomic mass is 10.2.